The predicted octanol–water partition coefficient (Wildman–Crippen LogP) is 0.904. The van der Waals surface area contributed by atoms with Crippen molar-refractivity contribution in [2.75, 3.05) is 14.2 Å². The summed E-state index contributed by atoms with van der Waals surface area (Å²) in [4.78, 5) is 17.7. The minimum atomic E-state index is -0.106. The molecule has 106 valence electrons. The lowest BCUT2D eigenvalue weighted by Crippen LogP contribution is -2.49. The Morgan fingerprint density at radius 3 is 3.05 bits per heavy atom. The minimum absolute atomic E-state index is 0.100. The third-order valence-corrected chi connectivity index (χ3v) is 3.51. The van der Waals surface area contributed by atoms with E-state index in [0.29, 0.717) is 12.4 Å². The first-order chi connectivity index (χ1) is 9.20. The summed E-state index contributed by atoms with van der Waals surface area (Å²) in [5.74, 6) is 0.671. The fourth-order valence-corrected chi connectivity index (χ4v) is 2.42. The van der Waals surface area contributed by atoms with Crippen molar-refractivity contribution in [3.63, 3.8) is 0 Å². The molecule has 2 atom stereocenters. The van der Waals surface area contributed by atoms with Gasteiger partial charge in [0, 0.05) is 14.2 Å². The first kappa shape index (κ1) is 13.8. The number of aromatic nitrogens is 3. The Bertz CT molecular complexity index is 395. The predicted molar refractivity (Wildman–Crippen MR) is 69.4 cm³/mol. The van der Waals surface area contributed by atoms with Crippen molar-refractivity contribution in [2.45, 2.75) is 44.4 Å². The van der Waals surface area contributed by atoms with Crippen LogP contribution in [0.1, 0.15) is 31.5 Å². The summed E-state index contributed by atoms with van der Waals surface area (Å²) in [6.45, 7) is 0.413. The van der Waals surface area contributed by atoms with Gasteiger partial charge in [-0.2, -0.15) is 5.10 Å². The van der Waals surface area contributed by atoms with Crippen LogP contribution in [-0.2, 0) is 11.3 Å². The monoisotopic (exact) mass is 267 g/mol. The molecule has 1 aliphatic carbocycles. The summed E-state index contributed by atoms with van der Waals surface area (Å²) in [5.41, 5.74) is 0. The van der Waals surface area contributed by atoms with Crippen LogP contribution >= 0.6 is 0 Å². The molecule has 7 nitrogen and oxygen atoms in total. The zero-order chi connectivity index (χ0) is 13.7. The number of nitrogens with one attached hydrogen (secondary N) is 2. The Labute approximate surface area is 112 Å². The molecule has 0 saturated heterocycles. The molecule has 2 N–H and O–H groups in total. The number of urea groups is 1. The normalized spacial score (nSPS) is 23.1. The van der Waals surface area contributed by atoms with Gasteiger partial charge >= 0.3 is 6.03 Å². The fraction of sp³-hybridized carbons (Fsp3) is 0.750. The first-order valence-corrected chi connectivity index (χ1v) is 6.59. The number of aromatic amines is 1. The van der Waals surface area contributed by atoms with Crippen molar-refractivity contribution in [1.29, 1.82) is 0 Å². The van der Waals surface area contributed by atoms with Crippen LogP contribution in [0.15, 0.2) is 6.33 Å². The van der Waals surface area contributed by atoms with E-state index >= 15 is 0 Å². The van der Waals surface area contributed by atoms with Gasteiger partial charge in [0.1, 0.15) is 12.2 Å². The summed E-state index contributed by atoms with van der Waals surface area (Å²) in [6, 6.07) is -0.00576. The number of hydrogen-bond acceptors (Lipinski definition) is 4. The van der Waals surface area contributed by atoms with Crippen LogP contribution in [0.25, 0.3) is 0 Å². The molecular weight excluding hydrogens is 246 g/mol. The molecule has 0 spiro atoms. The van der Waals surface area contributed by atoms with Gasteiger partial charge in [0.2, 0.25) is 0 Å². The molecule has 0 aliphatic heterocycles. The molecule has 2 rings (SSSR count). The van der Waals surface area contributed by atoms with E-state index in [2.05, 4.69) is 20.5 Å². The SMILES string of the molecule is CO[C@@H]1CCCC[C@@H]1NC(=O)N(C)Cc1ncn[nH]1. The number of rotatable bonds is 4. The van der Waals surface area contributed by atoms with Crippen molar-refractivity contribution in [3.8, 4) is 0 Å². The van der Waals surface area contributed by atoms with E-state index < -0.39 is 0 Å². The molecular formula is C12H21N5O2. The molecule has 1 saturated carbocycles. The van der Waals surface area contributed by atoms with Crippen LogP contribution in [0, 0.1) is 0 Å². The van der Waals surface area contributed by atoms with Crippen molar-refractivity contribution in [1.82, 2.24) is 25.4 Å². The number of methoxy groups -OCH3 is 1. The van der Waals surface area contributed by atoms with E-state index in [4.69, 9.17) is 4.74 Å². The second kappa shape index (κ2) is 6.51. The van der Waals surface area contributed by atoms with E-state index in [9.17, 15) is 4.79 Å². The van der Waals surface area contributed by atoms with Gasteiger partial charge < -0.3 is 15.0 Å². The molecule has 0 unspecified atom stereocenters. The van der Waals surface area contributed by atoms with Crippen LogP contribution in [-0.4, -0.2) is 52.4 Å². The topological polar surface area (TPSA) is 83.1 Å². The fourth-order valence-electron chi connectivity index (χ4n) is 2.42. The van der Waals surface area contributed by atoms with Crippen molar-refractivity contribution in [2.24, 2.45) is 0 Å². The first-order valence-electron chi connectivity index (χ1n) is 6.59. The highest BCUT2D eigenvalue weighted by atomic mass is 16.5. The van der Waals surface area contributed by atoms with Gasteiger partial charge in [0.25, 0.3) is 0 Å². The molecule has 0 bridgehead atoms. The maximum absolute atomic E-state index is 12.1. The summed E-state index contributed by atoms with van der Waals surface area (Å²) in [7, 11) is 3.44. The Morgan fingerprint density at radius 2 is 2.37 bits per heavy atom. The lowest BCUT2D eigenvalue weighted by molar-refractivity contribution is 0.0434. The Hall–Kier alpha value is -1.63. The zero-order valence-electron chi connectivity index (χ0n) is 11.4. The largest absolute Gasteiger partial charge is 0.379 e. The second-order valence-corrected chi connectivity index (χ2v) is 4.90. The van der Waals surface area contributed by atoms with E-state index in [-0.39, 0.29) is 18.2 Å². The van der Waals surface area contributed by atoms with Gasteiger partial charge in [0.15, 0.2) is 0 Å². The molecule has 0 aromatic carbocycles. The lowest BCUT2D eigenvalue weighted by Gasteiger charge is -2.32. The maximum atomic E-state index is 12.1. The third kappa shape index (κ3) is 3.66. The molecule has 1 heterocycles. The standard InChI is InChI=1S/C12H21N5O2/c1-17(7-11-13-8-14-16-11)12(18)15-9-5-3-4-6-10(9)19-2/h8-10H,3-7H2,1-2H3,(H,15,18)(H,13,14,16)/t9-,10+/m0/s1. The lowest BCUT2D eigenvalue weighted by atomic mass is 9.92. The number of hydrogen-bond donors (Lipinski definition) is 2. The van der Waals surface area contributed by atoms with Crippen LogP contribution in [0.5, 0.6) is 0 Å². The second-order valence-electron chi connectivity index (χ2n) is 4.90. The zero-order valence-corrected chi connectivity index (χ0v) is 11.4. The highest BCUT2D eigenvalue weighted by molar-refractivity contribution is 5.74. The molecule has 0 radical (unpaired) electrons. The summed E-state index contributed by atoms with van der Waals surface area (Å²) in [5, 5.41) is 9.53. The van der Waals surface area contributed by atoms with Gasteiger partial charge in [-0.1, -0.05) is 12.8 Å². The molecule has 1 aromatic heterocycles. The number of nitrogens with zero attached hydrogens (tertiary/aromatic N) is 3. The number of ether oxygens (including phenoxy) is 1. The van der Waals surface area contributed by atoms with Crippen molar-refractivity contribution < 1.29 is 9.53 Å². The summed E-state index contributed by atoms with van der Waals surface area (Å²) < 4.78 is 5.43. The maximum Gasteiger partial charge on any atom is 0.317 e. The van der Waals surface area contributed by atoms with Gasteiger partial charge in [-0.3, -0.25) is 5.10 Å². The third-order valence-electron chi connectivity index (χ3n) is 3.51. The number of carbonyl (C=O) groups is 1. The Kier molecular flexibility index (Phi) is 4.73. The highest BCUT2D eigenvalue weighted by Crippen LogP contribution is 2.20. The van der Waals surface area contributed by atoms with Crippen LogP contribution < -0.4 is 5.32 Å². The molecule has 2 amide bonds. The van der Waals surface area contributed by atoms with Gasteiger partial charge in [-0.05, 0) is 12.8 Å². The van der Waals surface area contributed by atoms with Crippen LogP contribution in [0.2, 0.25) is 0 Å². The summed E-state index contributed by atoms with van der Waals surface area (Å²) >= 11 is 0. The van der Waals surface area contributed by atoms with Gasteiger partial charge in [0.05, 0.1) is 18.7 Å². The Morgan fingerprint density at radius 1 is 1.58 bits per heavy atom. The van der Waals surface area contributed by atoms with E-state index in [1.54, 1.807) is 19.1 Å². The van der Waals surface area contributed by atoms with E-state index in [1.807, 2.05) is 0 Å². The molecule has 1 fully saturated rings. The molecule has 7 heteroatoms. The summed E-state index contributed by atoms with van der Waals surface area (Å²) in [6.07, 6.45) is 5.84. The quantitative estimate of drug-likeness (QED) is 0.849. The van der Waals surface area contributed by atoms with E-state index in [1.165, 1.54) is 12.7 Å². The van der Waals surface area contributed by atoms with Gasteiger partial charge in [-0.25, -0.2) is 9.78 Å². The van der Waals surface area contributed by atoms with E-state index in [0.717, 1.165) is 19.3 Å². The molecule has 19 heavy (non-hydrogen) atoms. The molecule has 1 aliphatic rings. The van der Waals surface area contributed by atoms with Crippen molar-refractivity contribution >= 4 is 6.03 Å². The molecule has 1 aromatic rings. The van der Waals surface area contributed by atoms with Crippen LogP contribution in [0.3, 0.4) is 0 Å². The average Bonchev–Trinajstić information content (AvgIpc) is 2.92. The number of amides is 2. The number of H-pyrrole nitrogens is 1. The number of carbonyl (C=O) groups excluding carboxylic acids is 1. The minimum Gasteiger partial charge on any atom is -0.379 e. The van der Waals surface area contributed by atoms with Gasteiger partial charge in [-0.15, -0.1) is 0 Å². The Balaban J connectivity index is 1.85. The van der Waals surface area contributed by atoms with Crippen LogP contribution in [0.4, 0.5) is 4.79 Å². The smallest absolute Gasteiger partial charge is 0.317 e. The highest BCUT2D eigenvalue weighted by Gasteiger charge is 2.27. The average molecular weight is 267 g/mol. The van der Waals surface area contributed by atoms with Crippen molar-refractivity contribution in [3.05, 3.63) is 12.2 Å².